The molecule has 1 aliphatic rings. The van der Waals surface area contributed by atoms with Crippen LogP contribution in [0, 0.1) is 20.8 Å². The van der Waals surface area contributed by atoms with Crippen LogP contribution in [0.2, 0.25) is 0 Å². The van der Waals surface area contributed by atoms with Crippen LogP contribution in [0.15, 0.2) is 30.3 Å². The fourth-order valence-corrected chi connectivity index (χ4v) is 2.88. The van der Waals surface area contributed by atoms with Crippen LogP contribution >= 0.6 is 0 Å². The number of hydrogen-bond acceptors (Lipinski definition) is 3. The van der Waals surface area contributed by atoms with E-state index >= 15 is 0 Å². The molecule has 1 fully saturated rings. The zero-order valence-corrected chi connectivity index (χ0v) is 15.1. The number of ether oxygens (including phenoxy) is 1. The molecule has 0 aliphatic heterocycles. The molecule has 0 radical (unpaired) electrons. The average Bonchev–Trinajstić information content (AvgIpc) is 3.32. The van der Waals surface area contributed by atoms with E-state index in [1.165, 1.54) is 5.56 Å². The quantitative estimate of drug-likeness (QED) is 0.850. The number of aryl methyl sites for hydroxylation is 2. The SMILES string of the molecule is Cc1ccc(-n2c(C)cc(C(=O)O[C@@H](C)C(=O)NC3CC3)c2C)cc1. The summed E-state index contributed by atoms with van der Waals surface area (Å²) >= 11 is 0. The summed E-state index contributed by atoms with van der Waals surface area (Å²) in [7, 11) is 0. The van der Waals surface area contributed by atoms with Gasteiger partial charge in [-0.2, -0.15) is 0 Å². The summed E-state index contributed by atoms with van der Waals surface area (Å²) in [6.07, 6.45) is 1.21. The third-order valence-electron chi connectivity index (χ3n) is 4.52. The molecule has 25 heavy (non-hydrogen) atoms. The first-order valence-corrected chi connectivity index (χ1v) is 8.64. The summed E-state index contributed by atoms with van der Waals surface area (Å²) in [5.74, 6) is -0.701. The average molecular weight is 340 g/mol. The van der Waals surface area contributed by atoms with Gasteiger partial charge in [-0.1, -0.05) is 17.7 Å². The van der Waals surface area contributed by atoms with Crippen molar-refractivity contribution in [2.24, 2.45) is 0 Å². The van der Waals surface area contributed by atoms with E-state index in [1.54, 1.807) is 6.92 Å². The standard InChI is InChI=1S/C20H24N2O3/c1-12-5-9-17(10-6-12)22-13(2)11-18(14(22)3)20(24)25-15(4)19(23)21-16-7-8-16/h5-6,9-11,15-16H,7-8H2,1-4H3,(H,21,23)/t15-/m0/s1. The summed E-state index contributed by atoms with van der Waals surface area (Å²) in [6, 6.07) is 10.2. The molecule has 1 aromatic carbocycles. The lowest BCUT2D eigenvalue weighted by atomic mass is 10.2. The first kappa shape index (κ1) is 17.3. The van der Waals surface area contributed by atoms with E-state index in [0.29, 0.717) is 5.56 Å². The Kier molecular flexibility index (Phi) is 4.66. The Morgan fingerprint density at radius 3 is 2.40 bits per heavy atom. The summed E-state index contributed by atoms with van der Waals surface area (Å²) in [5, 5.41) is 2.85. The van der Waals surface area contributed by atoms with Gasteiger partial charge in [0.05, 0.1) is 5.56 Å². The van der Waals surface area contributed by atoms with Crippen molar-refractivity contribution in [1.29, 1.82) is 0 Å². The lowest BCUT2D eigenvalue weighted by molar-refractivity contribution is -0.129. The molecule has 0 bridgehead atoms. The lowest BCUT2D eigenvalue weighted by Gasteiger charge is -2.13. The number of nitrogens with one attached hydrogen (secondary N) is 1. The maximum Gasteiger partial charge on any atom is 0.340 e. The van der Waals surface area contributed by atoms with Gasteiger partial charge in [-0.05, 0) is 58.7 Å². The highest BCUT2D eigenvalue weighted by Gasteiger charge is 2.28. The van der Waals surface area contributed by atoms with Crippen molar-refractivity contribution in [1.82, 2.24) is 9.88 Å². The molecule has 0 spiro atoms. The van der Waals surface area contributed by atoms with Crippen LogP contribution < -0.4 is 5.32 Å². The normalized spacial score (nSPS) is 14.9. The topological polar surface area (TPSA) is 60.3 Å². The van der Waals surface area contributed by atoms with Crippen LogP contribution in [0.25, 0.3) is 5.69 Å². The first-order valence-electron chi connectivity index (χ1n) is 8.64. The summed E-state index contributed by atoms with van der Waals surface area (Å²) in [6.45, 7) is 7.48. The number of nitrogens with zero attached hydrogens (tertiary/aromatic N) is 1. The molecule has 5 heteroatoms. The number of carbonyl (C=O) groups is 2. The second-order valence-electron chi connectivity index (χ2n) is 6.79. The summed E-state index contributed by atoms with van der Waals surface area (Å²) in [5.41, 5.74) is 4.43. The number of carbonyl (C=O) groups excluding carboxylic acids is 2. The van der Waals surface area contributed by atoms with Crippen molar-refractivity contribution in [2.45, 2.75) is 52.7 Å². The Balaban J connectivity index is 1.78. The molecule has 1 N–H and O–H groups in total. The van der Waals surface area contributed by atoms with E-state index in [4.69, 9.17) is 4.74 Å². The maximum atomic E-state index is 12.5. The molecule has 2 aromatic rings. The summed E-state index contributed by atoms with van der Waals surface area (Å²) < 4.78 is 7.39. The minimum Gasteiger partial charge on any atom is -0.449 e. The molecule has 0 saturated heterocycles. The van der Waals surface area contributed by atoms with Crippen LogP contribution in [0.5, 0.6) is 0 Å². The first-order chi connectivity index (χ1) is 11.9. The van der Waals surface area contributed by atoms with E-state index < -0.39 is 12.1 Å². The molecule has 1 atom stereocenters. The second-order valence-corrected chi connectivity index (χ2v) is 6.79. The zero-order valence-electron chi connectivity index (χ0n) is 15.1. The highest BCUT2D eigenvalue weighted by molar-refractivity contribution is 5.93. The van der Waals surface area contributed by atoms with Gasteiger partial charge < -0.3 is 14.6 Å². The number of aromatic nitrogens is 1. The van der Waals surface area contributed by atoms with Crippen LogP contribution in [0.1, 0.15) is 47.1 Å². The van der Waals surface area contributed by atoms with E-state index in [2.05, 4.69) is 5.32 Å². The number of benzene rings is 1. The third kappa shape index (κ3) is 3.76. The number of amides is 1. The Labute approximate surface area is 148 Å². The molecule has 132 valence electrons. The van der Waals surface area contributed by atoms with Gasteiger partial charge in [0.15, 0.2) is 6.10 Å². The molecular formula is C20H24N2O3. The monoisotopic (exact) mass is 340 g/mol. The molecule has 1 saturated carbocycles. The van der Waals surface area contributed by atoms with Gasteiger partial charge in [-0.25, -0.2) is 4.79 Å². The summed E-state index contributed by atoms with van der Waals surface area (Å²) in [4.78, 5) is 24.5. The Morgan fingerprint density at radius 2 is 1.80 bits per heavy atom. The number of rotatable bonds is 5. The molecule has 3 rings (SSSR count). The van der Waals surface area contributed by atoms with Gasteiger partial charge in [0.25, 0.3) is 5.91 Å². The van der Waals surface area contributed by atoms with Crippen LogP contribution in [0.3, 0.4) is 0 Å². The molecular weight excluding hydrogens is 316 g/mol. The van der Waals surface area contributed by atoms with Crippen molar-refractivity contribution >= 4 is 11.9 Å². The Bertz CT molecular complexity index is 801. The van der Waals surface area contributed by atoms with E-state index in [9.17, 15) is 9.59 Å². The smallest absolute Gasteiger partial charge is 0.340 e. The maximum absolute atomic E-state index is 12.5. The molecule has 5 nitrogen and oxygen atoms in total. The lowest BCUT2D eigenvalue weighted by Crippen LogP contribution is -2.37. The molecule has 1 aromatic heterocycles. The molecule has 1 aliphatic carbocycles. The van der Waals surface area contributed by atoms with Crippen molar-refractivity contribution in [3.8, 4) is 5.69 Å². The van der Waals surface area contributed by atoms with E-state index in [1.807, 2.05) is 55.7 Å². The number of esters is 1. The van der Waals surface area contributed by atoms with Gasteiger partial charge in [0.1, 0.15) is 0 Å². The minimum atomic E-state index is -0.796. The van der Waals surface area contributed by atoms with E-state index in [0.717, 1.165) is 29.9 Å². The van der Waals surface area contributed by atoms with Crippen molar-refractivity contribution in [3.63, 3.8) is 0 Å². The number of hydrogen-bond donors (Lipinski definition) is 1. The van der Waals surface area contributed by atoms with Crippen LogP contribution in [-0.4, -0.2) is 28.6 Å². The van der Waals surface area contributed by atoms with Gasteiger partial charge in [-0.3, -0.25) is 4.79 Å². The fourth-order valence-electron chi connectivity index (χ4n) is 2.88. The molecule has 1 heterocycles. The van der Waals surface area contributed by atoms with Gasteiger partial charge >= 0.3 is 5.97 Å². The predicted octanol–water partition coefficient (Wildman–Crippen LogP) is 3.23. The second kappa shape index (κ2) is 6.75. The van der Waals surface area contributed by atoms with Crippen molar-refractivity contribution < 1.29 is 14.3 Å². The highest BCUT2D eigenvalue weighted by Crippen LogP contribution is 2.23. The fraction of sp³-hybridized carbons (Fsp3) is 0.400. The van der Waals surface area contributed by atoms with Crippen molar-refractivity contribution in [3.05, 3.63) is 52.8 Å². The minimum absolute atomic E-state index is 0.233. The third-order valence-corrected chi connectivity index (χ3v) is 4.52. The Hall–Kier alpha value is -2.56. The van der Waals surface area contributed by atoms with Gasteiger partial charge in [0.2, 0.25) is 0 Å². The van der Waals surface area contributed by atoms with Crippen molar-refractivity contribution in [2.75, 3.05) is 0 Å². The van der Waals surface area contributed by atoms with Gasteiger partial charge in [0, 0.05) is 23.1 Å². The zero-order chi connectivity index (χ0) is 18.1. The largest absolute Gasteiger partial charge is 0.449 e. The van der Waals surface area contributed by atoms with Gasteiger partial charge in [-0.15, -0.1) is 0 Å². The van der Waals surface area contributed by atoms with E-state index in [-0.39, 0.29) is 11.9 Å². The predicted molar refractivity (Wildman–Crippen MR) is 96.0 cm³/mol. The molecule has 0 unspecified atom stereocenters. The van der Waals surface area contributed by atoms with Crippen LogP contribution in [-0.2, 0) is 9.53 Å². The van der Waals surface area contributed by atoms with Crippen LogP contribution in [0.4, 0.5) is 0 Å². The Morgan fingerprint density at radius 1 is 1.16 bits per heavy atom. The molecule has 1 amide bonds. The highest BCUT2D eigenvalue weighted by atomic mass is 16.5.